The molecule has 0 unspecified atom stereocenters. The molecule has 0 spiro atoms. The molecule has 0 aliphatic heterocycles. The van der Waals surface area contributed by atoms with Gasteiger partial charge in [-0.1, -0.05) is 0 Å². The van der Waals surface area contributed by atoms with Gasteiger partial charge < -0.3 is 10.5 Å². The number of halogens is 3. The summed E-state index contributed by atoms with van der Waals surface area (Å²) in [7, 11) is 0. The van der Waals surface area contributed by atoms with Gasteiger partial charge in [0.2, 0.25) is 5.88 Å². The summed E-state index contributed by atoms with van der Waals surface area (Å²) >= 11 is 0. The van der Waals surface area contributed by atoms with E-state index in [1.54, 1.807) is 13.8 Å². The lowest BCUT2D eigenvalue weighted by molar-refractivity contribution is -0.138. The fraction of sp³-hybridized carbons (Fsp3) is 0.231. The molecule has 0 radical (unpaired) electrons. The summed E-state index contributed by atoms with van der Waals surface area (Å²) in [5, 5.41) is 0. The zero-order valence-corrected chi connectivity index (χ0v) is 10.8. The van der Waals surface area contributed by atoms with Gasteiger partial charge in [0, 0.05) is 11.9 Å². The van der Waals surface area contributed by atoms with Crippen molar-refractivity contribution in [1.82, 2.24) is 9.97 Å². The van der Waals surface area contributed by atoms with Crippen LogP contribution in [0.4, 0.5) is 18.9 Å². The molecule has 20 heavy (non-hydrogen) atoms. The first kappa shape index (κ1) is 14.1. The molecule has 2 N–H and O–H groups in total. The van der Waals surface area contributed by atoms with Gasteiger partial charge in [-0.2, -0.15) is 13.2 Å². The molecule has 2 rings (SSSR count). The van der Waals surface area contributed by atoms with Crippen LogP contribution in [0.1, 0.15) is 17.0 Å². The zero-order valence-electron chi connectivity index (χ0n) is 10.8. The van der Waals surface area contributed by atoms with Crippen LogP contribution in [0.25, 0.3) is 0 Å². The van der Waals surface area contributed by atoms with Crippen LogP contribution < -0.4 is 10.5 Å². The van der Waals surface area contributed by atoms with Crippen molar-refractivity contribution in [3.8, 4) is 11.6 Å². The highest BCUT2D eigenvalue weighted by Gasteiger charge is 2.35. The molecule has 4 nitrogen and oxygen atoms in total. The van der Waals surface area contributed by atoms with Gasteiger partial charge in [0.05, 0.1) is 11.4 Å². The first-order valence-electron chi connectivity index (χ1n) is 5.72. The molecule has 0 fully saturated rings. The molecule has 0 atom stereocenters. The number of nitrogen functional groups attached to an aromatic ring is 1. The summed E-state index contributed by atoms with van der Waals surface area (Å²) in [6.45, 7) is 3.28. The monoisotopic (exact) mass is 283 g/mol. The molecule has 106 valence electrons. The summed E-state index contributed by atoms with van der Waals surface area (Å²) in [4.78, 5) is 8.02. The maximum Gasteiger partial charge on any atom is 0.420 e. The minimum Gasteiger partial charge on any atom is -0.437 e. The van der Waals surface area contributed by atoms with Gasteiger partial charge in [-0.25, -0.2) is 4.98 Å². The number of aryl methyl sites for hydroxylation is 2. The van der Waals surface area contributed by atoms with Crippen LogP contribution in [0, 0.1) is 13.8 Å². The largest absolute Gasteiger partial charge is 0.437 e. The number of rotatable bonds is 2. The molecule has 0 saturated carbocycles. The summed E-state index contributed by atoms with van der Waals surface area (Å²) < 4.78 is 44.1. The normalized spacial score (nSPS) is 11.4. The summed E-state index contributed by atoms with van der Waals surface area (Å²) in [5.74, 6) is -0.310. The van der Waals surface area contributed by atoms with Gasteiger partial charge >= 0.3 is 6.18 Å². The Hall–Kier alpha value is -2.31. The van der Waals surface area contributed by atoms with E-state index in [1.807, 2.05) is 0 Å². The number of nitrogens with zero attached hydrogens (tertiary/aromatic N) is 2. The van der Waals surface area contributed by atoms with Crippen molar-refractivity contribution in [2.45, 2.75) is 20.0 Å². The molecule has 7 heteroatoms. The standard InChI is InChI=1S/C13H12F3N3O/c1-7-6-18-8(2)12(19-7)20-11-4-3-9(17)5-10(11)13(14,15)16/h3-6H,17H2,1-2H3. The predicted molar refractivity (Wildman–Crippen MR) is 67.4 cm³/mol. The van der Waals surface area contributed by atoms with Crippen LogP contribution >= 0.6 is 0 Å². The minimum absolute atomic E-state index is 0.0109. The molecule has 0 amide bonds. The van der Waals surface area contributed by atoms with Crippen molar-refractivity contribution in [1.29, 1.82) is 0 Å². The van der Waals surface area contributed by atoms with Crippen molar-refractivity contribution in [2.24, 2.45) is 0 Å². The minimum atomic E-state index is -4.56. The topological polar surface area (TPSA) is 61.0 Å². The molecule has 0 saturated heterocycles. The van der Waals surface area contributed by atoms with Gasteiger partial charge in [-0.05, 0) is 32.0 Å². The number of benzene rings is 1. The molecule has 2 aromatic rings. The van der Waals surface area contributed by atoms with Crippen LogP contribution in [0.2, 0.25) is 0 Å². The first-order chi connectivity index (χ1) is 9.27. The number of hydrogen-bond donors (Lipinski definition) is 1. The van der Waals surface area contributed by atoms with Crippen molar-refractivity contribution >= 4 is 5.69 Å². The lowest BCUT2D eigenvalue weighted by atomic mass is 10.1. The Balaban J connectivity index is 2.46. The van der Waals surface area contributed by atoms with Crippen molar-refractivity contribution in [3.05, 3.63) is 41.3 Å². The van der Waals surface area contributed by atoms with Gasteiger partial charge in [0.1, 0.15) is 11.3 Å². The second kappa shape index (κ2) is 4.99. The molecule has 0 bridgehead atoms. The summed E-state index contributed by atoms with van der Waals surface area (Å²) in [6, 6.07) is 3.33. The average molecular weight is 283 g/mol. The Morgan fingerprint density at radius 1 is 1.20 bits per heavy atom. The molecular weight excluding hydrogens is 271 g/mol. The third kappa shape index (κ3) is 2.98. The molecule has 1 heterocycles. The molecule has 0 aliphatic rings. The van der Waals surface area contributed by atoms with Gasteiger partial charge in [0.25, 0.3) is 0 Å². The number of anilines is 1. The van der Waals surface area contributed by atoms with Crippen LogP contribution in [0.15, 0.2) is 24.4 Å². The fourth-order valence-corrected chi connectivity index (χ4v) is 1.57. The van der Waals surface area contributed by atoms with Gasteiger partial charge in [0.15, 0.2) is 0 Å². The smallest absolute Gasteiger partial charge is 0.420 e. The van der Waals surface area contributed by atoms with E-state index >= 15 is 0 Å². The summed E-state index contributed by atoms with van der Waals surface area (Å²) in [5.41, 5.74) is 5.41. The third-order valence-electron chi connectivity index (χ3n) is 2.55. The molecule has 1 aromatic carbocycles. The summed E-state index contributed by atoms with van der Waals surface area (Å²) in [6.07, 6.45) is -3.05. The van der Waals surface area contributed by atoms with E-state index in [9.17, 15) is 13.2 Å². The SMILES string of the molecule is Cc1cnc(C)c(Oc2ccc(N)cc2C(F)(F)F)n1. The lowest BCUT2D eigenvalue weighted by Gasteiger charge is -2.14. The van der Waals surface area contributed by atoms with Crippen LogP contribution in [-0.2, 0) is 6.18 Å². The maximum atomic E-state index is 12.9. The van der Waals surface area contributed by atoms with E-state index < -0.39 is 11.7 Å². The lowest BCUT2D eigenvalue weighted by Crippen LogP contribution is -2.08. The van der Waals surface area contributed by atoms with E-state index in [-0.39, 0.29) is 17.3 Å². The average Bonchev–Trinajstić information content (AvgIpc) is 2.34. The third-order valence-corrected chi connectivity index (χ3v) is 2.55. The van der Waals surface area contributed by atoms with Crippen LogP contribution in [0.5, 0.6) is 11.6 Å². The highest BCUT2D eigenvalue weighted by Crippen LogP contribution is 2.39. The Morgan fingerprint density at radius 2 is 1.90 bits per heavy atom. The molecule has 0 aliphatic carbocycles. The van der Waals surface area contributed by atoms with Gasteiger partial charge in [-0.15, -0.1) is 0 Å². The molecule has 1 aromatic heterocycles. The van der Waals surface area contributed by atoms with Crippen molar-refractivity contribution < 1.29 is 17.9 Å². The second-order valence-electron chi connectivity index (χ2n) is 4.26. The Labute approximate surface area is 113 Å². The van der Waals surface area contributed by atoms with Crippen LogP contribution in [-0.4, -0.2) is 9.97 Å². The number of hydrogen-bond acceptors (Lipinski definition) is 4. The van der Waals surface area contributed by atoms with Crippen molar-refractivity contribution in [3.63, 3.8) is 0 Å². The predicted octanol–water partition coefficient (Wildman–Crippen LogP) is 3.49. The van der Waals surface area contributed by atoms with Crippen LogP contribution in [0.3, 0.4) is 0 Å². The highest BCUT2D eigenvalue weighted by molar-refractivity contribution is 5.50. The number of aromatic nitrogens is 2. The first-order valence-corrected chi connectivity index (χ1v) is 5.72. The number of nitrogens with two attached hydrogens (primary N) is 1. The fourth-order valence-electron chi connectivity index (χ4n) is 1.57. The van der Waals surface area contributed by atoms with E-state index in [0.717, 1.165) is 6.07 Å². The van der Waals surface area contributed by atoms with E-state index in [0.29, 0.717) is 11.4 Å². The Morgan fingerprint density at radius 3 is 2.55 bits per heavy atom. The van der Waals surface area contributed by atoms with E-state index in [4.69, 9.17) is 10.5 Å². The second-order valence-corrected chi connectivity index (χ2v) is 4.26. The van der Waals surface area contributed by atoms with Crippen molar-refractivity contribution in [2.75, 3.05) is 5.73 Å². The zero-order chi connectivity index (χ0) is 14.9. The highest BCUT2D eigenvalue weighted by atomic mass is 19.4. The maximum absolute atomic E-state index is 12.9. The van der Waals surface area contributed by atoms with E-state index in [1.165, 1.54) is 18.3 Å². The molecular formula is C13H12F3N3O. The van der Waals surface area contributed by atoms with E-state index in [2.05, 4.69) is 9.97 Å². The Bertz CT molecular complexity index is 641. The number of alkyl halides is 3. The van der Waals surface area contributed by atoms with Gasteiger partial charge in [-0.3, -0.25) is 4.98 Å². The number of ether oxygens (including phenoxy) is 1. The quantitative estimate of drug-likeness (QED) is 0.857. The Kier molecular flexibility index (Phi) is 3.52.